The Hall–Kier alpha value is -3.13. The molecule has 1 aliphatic heterocycles. The van der Waals surface area contributed by atoms with Gasteiger partial charge in [-0.3, -0.25) is 14.7 Å². The average Bonchev–Trinajstić information content (AvgIpc) is 3.45. The fraction of sp³-hybridized carbons (Fsp3) is 0.286. The first-order valence-corrected chi connectivity index (χ1v) is 10.4. The molecule has 2 amide bonds. The third-order valence-corrected chi connectivity index (χ3v) is 5.76. The lowest BCUT2D eigenvalue weighted by Crippen LogP contribution is -2.50. The van der Waals surface area contributed by atoms with Crippen LogP contribution in [0.25, 0.3) is 10.6 Å². The predicted octanol–water partition coefficient (Wildman–Crippen LogP) is 3.14. The highest BCUT2D eigenvalue weighted by Gasteiger charge is 2.28. The summed E-state index contributed by atoms with van der Waals surface area (Å²) in [5.41, 5.74) is 1.79. The number of para-hydroxylation sites is 1. The molecule has 7 nitrogen and oxygen atoms in total. The van der Waals surface area contributed by atoms with Crippen molar-refractivity contribution in [1.82, 2.24) is 20.0 Å². The van der Waals surface area contributed by atoms with E-state index in [1.54, 1.807) is 39.3 Å². The molecule has 1 N–H and O–H groups in total. The van der Waals surface area contributed by atoms with Gasteiger partial charge in [0, 0.05) is 26.2 Å². The summed E-state index contributed by atoms with van der Waals surface area (Å²) >= 11 is 1.59. The van der Waals surface area contributed by atoms with Crippen LogP contribution in [0.2, 0.25) is 0 Å². The van der Waals surface area contributed by atoms with Crippen molar-refractivity contribution in [3.63, 3.8) is 0 Å². The lowest BCUT2D eigenvalue weighted by molar-refractivity contribution is 0.0530. The van der Waals surface area contributed by atoms with Gasteiger partial charge < -0.3 is 14.5 Å². The van der Waals surface area contributed by atoms with Crippen LogP contribution >= 0.6 is 11.3 Å². The van der Waals surface area contributed by atoms with Crippen molar-refractivity contribution < 1.29 is 14.3 Å². The second kappa shape index (κ2) is 8.48. The van der Waals surface area contributed by atoms with Crippen molar-refractivity contribution >= 4 is 23.2 Å². The Kier molecular flexibility index (Phi) is 5.62. The maximum absolute atomic E-state index is 12.9. The van der Waals surface area contributed by atoms with Gasteiger partial charge >= 0.3 is 0 Å². The van der Waals surface area contributed by atoms with Gasteiger partial charge in [0.05, 0.1) is 22.7 Å². The molecule has 1 fully saturated rings. The summed E-state index contributed by atoms with van der Waals surface area (Å²) in [6.07, 6.45) is 0. The van der Waals surface area contributed by atoms with Gasteiger partial charge in [0.2, 0.25) is 0 Å². The number of nitrogens with one attached hydrogen (secondary N) is 1. The minimum absolute atomic E-state index is 0.0686. The van der Waals surface area contributed by atoms with Crippen LogP contribution in [0.15, 0.2) is 47.8 Å². The standard InChI is InChI=1S/C21H22N4O3S/c1-2-28-18-7-4-3-6-15(18)20(26)24-9-11-25(12-10-24)21(27)17-14-16(22-23-17)19-8-5-13-29-19/h3-8,13-14H,2,9-12H2,1H3,(H,22,23). The van der Waals surface area contributed by atoms with E-state index in [-0.39, 0.29) is 11.8 Å². The van der Waals surface area contributed by atoms with Crippen LogP contribution in [-0.4, -0.2) is 64.6 Å². The number of amides is 2. The van der Waals surface area contributed by atoms with Crippen molar-refractivity contribution in [3.8, 4) is 16.3 Å². The highest BCUT2D eigenvalue weighted by atomic mass is 32.1. The topological polar surface area (TPSA) is 78.5 Å². The SMILES string of the molecule is CCOc1ccccc1C(=O)N1CCN(C(=O)c2cc(-c3cccs3)[nH]n2)CC1. The summed E-state index contributed by atoms with van der Waals surface area (Å²) in [5.74, 6) is 0.405. The zero-order chi connectivity index (χ0) is 20.2. The van der Waals surface area contributed by atoms with Crippen molar-refractivity contribution in [3.05, 3.63) is 59.1 Å². The van der Waals surface area contributed by atoms with Crippen LogP contribution in [0.4, 0.5) is 0 Å². The van der Waals surface area contributed by atoms with E-state index >= 15 is 0 Å². The Morgan fingerprint density at radius 3 is 2.48 bits per heavy atom. The normalized spacial score (nSPS) is 14.1. The molecule has 0 radical (unpaired) electrons. The lowest BCUT2D eigenvalue weighted by atomic mass is 10.1. The molecule has 1 aliphatic rings. The van der Waals surface area contributed by atoms with E-state index in [1.165, 1.54) is 0 Å². The van der Waals surface area contributed by atoms with E-state index < -0.39 is 0 Å². The van der Waals surface area contributed by atoms with Gasteiger partial charge in [0.1, 0.15) is 5.75 Å². The zero-order valence-corrected chi connectivity index (χ0v) is 16.9. The minimum Gasteiger partial charge on any atom is -0.493 e. The summed E-state index contributed by atoms with van der Waals surface area (Å²) in [6.45, 7) is 4.31. The molecule has 4 rings (SSSR count). The van der Waals surface area contributed by atoms with Gasteiger partial charge in [-0.2, -0.15) is 5.10 Å². The van der Waals surface area contributed by atoms with Crippen LogP contribution in [0.5, 0.6) is 5.75 Å². The molecule has 8 heteroatoms. The van der Waals surface area contributed by atoms with E-state index in [9.17, 15) is 9.59 Å². The molecular formula is C21H22N4O3S. The number of thiophene rings is 1. The Bertz CT molecular complexity index is 991. The van der Waals surface area contributed by atoms with Crippen molar-refractivity contribution in [1.29, 1.82) is 0 Å². The van der Waals surface area contributed by atoms with E-state index in [0.717, 1.165) is 10.6 Å². The highest BCUT2D eigenvalue weighted by Crippen LogP contribution is 2.24. The van der Waals surface area contributed by atoms with Crippen molar-refractivity contribution in [2.45, 2.75) is 6.92 Å². The number of carbonyl (C=O) groups is 2. The molecule has 0 unspecified atom stereocenters. The van der Waals surface area contributed by atoms with Gasteiger partial charge in [-0.25, -0.2) is 0 Å². The summed E-state index contributed by atoms with van der Waals surface area (Å²) in [6, 6.07) is 13.0. The fourth-order valence-corrected chi connectivity index (χ4v) is 4.05. The molecule has 150 valence electrons. The maximum Gasteiger partial charge on any atom is 0.274 e. The van der Waals surface area contributed by atoms with Gasteiger partial charge in [-0.1, -0.05) is 18.2 Å². The summed E-state index contributed by atoms with van der Waals surface area (Å²) in [7, 11) is 0. The van der Waals surface area contributed by atoms with Crippen LogP contribution in [0, 0.1) is 0 Å². The molecule has 0 bridgehead atoms. The molecule has 0 aliphatic carbocycles. The third-order valence-electron chi connectivity index (χ3n) is 4.86. The van der Waals surface area contributed by atoms with Crippen LogP contribution in [-0.2, 0) is 0 Å². The average molecular weight is 410 g/mol. The Morgan fingerprint density at radius 2 is 1.79 bits per heavy atom. The second-order valence-electron chi connectivity index (χ2n) is 6.66. The quantitative estimate of drug-likeness (QED) is 0.701. The third kappa shape index (κ3) is 4.02. The summed E-state index contributed by atoms with van der Waals surface area (Å²) in [5, 5.41) is 9.09. The van der Waals surface area contributed by atoms with Gasteiger partial charge in [-0.05, 0) is 36.6 Å². The van der Waals surface area contributed by atoms with Gasteiger partial charge in [-0.15, -0.1) is 11.3 Å². The number of benzene rings is 1. The predicted molar refractivity (Wildman–Crippen MR) is 111 cm³/mol. The van der Waals surface area contributed by atoms with E-state index in [4.69, 9.17) is 4.74 Å². The smallest absolute Gasteiger partial charge is 0.274 e. The number of hydrogen-bond acceptors (Lipinski definition) is 5. The molecule has 0 spiro atoms. The first-order valence-electron chi connectivity index (χ1n) is 9.57. The number of aromatic amines is 1. The second-order valence-corrected chi connectivity index (χ2v) is 7.61. The minimum atomic E-state index is -0.120. The molecular weight excluding hydrogens is 388 g/mol. The van der Waals surface area contributed by atoms with E-state index in [0.29, 0.717) is 49.8 Å². The number of H-pyrrole nitrogens is 1. The molecule has 3 aromatic rings. The molecule has 29 heavy (non-hydrogen) atoms. The van der Waals surface area contributed by atoms with E-state index in [1.807, 2.05) is 36.6 Å². The summed E-state index contributed by atoms with van der Waals surface area (Å²) < 4.78 is 5.58. The van der Waals surface area contributed by atoms with Crippen LogP contribution in [0.3, 0.4) is 0 Å². The van der Waals surface area contributed by atoms with E-state index in [2.05, 4.69) is 10.2 Å². The molecule has 0 saturated carbocycles. The van der Waals surface area contributed by atoms with Crippen molar-refractivity contribution in [2.24, 2.45) is 0 Å². The number of rotatable bonds is 5. The van der Waals surface area contributed by atoms with Crippen LogP contribution < -0.4 is 4.74 Å². The molecule has 1 aromatic carbocycles. The monoisotopic (exact) mass is 410 g/mol. The zero-order valence-electron chi connectivity index (χ0n) is 16.1. The summed E-state index contributed by atoms with van der Waals surface area (Å²) in [4.78, 5) is 30.2. The maximum atomic E-state index is 12.9. The number of hydrogen-bond donors (Lipinski definition) is 1. The number of nitrogens with zero attached hydrogens (tertiary/aromatic N) is 3. The Labute approximate surface area is 172 Å². The lowest BCUT2D eigenvalue weighted by Gasteiger charge is -2.34. The first kappa shape index (κ1) is 19.2. The Balaban J connectivity index is 1.39. The first-order chi connectivity index (χ1) is 14.2. The molecule has 1 saturated heterocycles. The number of aromatic nitrogens is 2. The molecule has 0 atom stereocenters. The van der Waals surface area contributed by atoms with Crippen molar-refractivity contribution in [2.75, 3.05) is 32.8 Å². The highest BCUT2D eigenvalue weighted by molar-refractivity contribution is 7.13. The van der Waals surface area contributed by atoms with Gasteiger partial charge in [0.15, 0.2) is 5.69 Å². The fourth-order valence-electron chi connectivity index (χ4n) is 3.36. The number of ether oxygens (including phenoxy) is 1. The molecule has 3 heterocycles. The van der Waals surface area contributed by atoms with Gasteiger partial charge in [0.25, 0.3) is 11.8 Å². The molecule has 2 aromatic heterocycles. The Morgan fingerprint density at radius 1 is 1.07 bits per heavy atom. The number of carbonyl (C=O) groups excluding carboxylic acids is 2. The van der Waals surface area contributed by atoms with Crippen LogP contribution in [0.1, 0.15) is 27.8 Å². The number of piperazine rings is 1. The largest absolute Gasteiger partial charge is 0.493 e.